The maximum absolute atomic E-state index is 12.4. The fraction of sp³-hybridized carbons (Fsp3) is 0.855. The lowest BCUT2D eigenvalue weighted by Crippen LogP contribution is -2.45. The van der Waals surface area contributed by atoms with Crippen molar-refractivity contribution in [2.75, 3.05) is 13.2 Å². The molecule has 0 aromatic heterocycles. The molecule has 0 spiro atoms. The number of aliphatic hydroxyl groups excluding tert-OH is 2. The molecule has 3 N–H and O–H groups in total. The molecular formula is C55H103NO5. The van der Waals surface area contributed by atoms with E-state index in [9.17, 15) is 19.8 Å². The van der Waals surface area contributed by atoms with E-state index in [1.54, 1.807) is 6.08 Å². The number of rotatable bonds is 49. The first-order valence-corrected chi connectivity index (χ1v) is 26.8. The third-order valence-corrected chi connectivity index (χ3v) is 12.1. The van der Waals surface area contributed by atoms with Gasteiger partial charge in [-0.25, -0.2) is 0 Å². The SMILES string of the molecule is CCCCC/C=C\CCCCCCCC(=O)OCCCCC/C=C\CCCCCCCC(=O)NC(CO)C(O)/C=C/CCCCCCCCCCCCCCCCCCCC. The molecule has 2 unspecified atom stereocenters. The number of hydrogen-bond donors (Lipinski definition) is 3. The monoisotopic (exact) mass is 858 g/mol. The number of unbranched alkanes of at least 4 members (excludes halogenated alkanes) is 34. The molecule has 0 aliphatic carbocycles. The van der Waals surface area contributed by atoms with Crippen molar-refractivity contribution in [2.24, 2.45) is 0 Å². The van der Waals surface area contributed by atoms with Crippen LogP contribution in [-0.4, -0.2) is 47.4 Å². The van der Waals surface area contributed by atoms with Crippen molar-refractivity contribution in [3.8, 4) is 0 Å². The molecule has 0 radical (unpaired) electrons. The zero-order valence-electron chi connectivity index (χ0n) is 40.6. The highest BCUT2D eigenvalue weighted by atomic mass is 16.5. The first-order valence-electron chi connectivity index (χ1n) is 26.8. The van der Waals surface area contributed by atoms with E-state index in [1.165, 1.54) is 167 Å². The molecule has 0 aromatic rings. The molecule has 6 heteroatoms. The molecule has 0 fully saturated rings. The first kappa shape index (κ1) is 59.1. The number of allylic oxidation sites excluding steroid dienone is 5. The highest BCUT2D eigenvalue weighted by Gasteiger charge is 2.18. The molecule has 2 atom stereocenters. The topological polar surface area (TPSA) is 95.9 Å². The Labute approximate surface area is 379 Å². The summed E-state index contributed by atoms with van der Waals surface area (Å²) in [6.07, 6.45) is 61.5. The van der Waals surface area contributed by atoms with E-state index < -0.39 is 12.1 Å². The fourth-order valence-electron chi connectivity index (χ4n) is 7.97. The van der Waals surface area contributed by atoms with E-state index in [0.29, 0.717) is 19.4 Å². The summed E-state index contributed by atoms with van der Waals surface area (Å²) in [5.41, 5.74) is 0. The largest absolute Gasteiger partial charge is 0.466 e. The zero-order valence-corrected chi connectivity index (χ0v) is 40.6. The van der Waals surface area contributed by atoms with Gasteiger partial charge in [0, 0.05) is 12.8 Å². The van der Waals surface area contributed by atoms with Gasteiger partial charge in [0.25, 0.3) is 0 Å². The number of aliphatic hydroxyl groups is 2. The third kappa shape index (κ3) is 47.4. The van der Waals surface area contributed by atoms with Crippen molar-refractivity contribution in [1.29, 1.82) is 0 Å². The van der Waals surface area contributed by atoms with E-state index in [4.69, 9.17) is 4.74 Å². The molecule has 1 amide bonds. The van der Waals surface area contributed by atoms with Gasteiger partial charge in [0.15, 0.2) is 0 Å². The second-order valence-electron chi connectivity index (χ2n) is 18.2. The molecule has 0 heterocycles. The van der Waals surface area contributed by atoms with Crippen molar-refractivity contribution >= 4 is 11.9 Å². The Morgan fingerprint density at radius 2 is 0.770 bits per heavy atom. The van der Waals surface area contributed by atoms with Crippen molar-refractivity contribution in [3.05, 3.63) is 36.5 Å². The maximum Gasteiger partial charge on any atom is 0.305 e. The van der Waals surface area contributed by atoms with Gasteiger partial charge in [-0.05, 0) is 89.9 Å². The molecule has 0 aliphatic rings. The Balaban J connectivity index is 3.56. The number of hydrogen-bond acceptors (Lipinski definition) is 5. The summed E-state index contributed by atoms with van der Waals surface area (Å²) < 4.78 is 5.43. The Morgan fingerprint density at radius 1 is 0.443 bits per heavy atom. The molecule has 0 saturated carbocycles. The predicted molar refractivity (Wildman–Crippen MR) is 264 cm³/mol. The molecular weight excluding hydrogens is 755 g/mol. The summed E-state index contributed by atoms with van der Waals surface area (Å²) in [6, 6.07) is -0.647. The number of ether oxygens (including phenoxy) is 1. The van der Waals surface area contributed by atoms with Gasteiger partial charge in [0.2, 0.25) is 5.91 Å². The highest BCUT2D eigenvalue weighted by Crippen LogP contribution is 2.16. The molecule has 61 heavy (non-hydrogen) atoms. The summed E-state index contributed by atoms with van der Waals surface area (Å²) in [6.45, 7) is 4.82. The van der Waals surface area contributed by atoms with E-state index in [1.807, 2.05) is 6.08 Å². The normalized spacial score (nSPS) is 12.9. The fourth-order valence-corrected chi connectivity index (χ4v) is 7.97. The van der Waals surface area contributed by atoms with Crippen molar-refractivity contribution in [1.82, 2.24) is 5.32 Å². The second-order valence-corrected chi connectivity index (χ2v) is 18.2. The Morgan fingerprint density at radius 3 is 1.20 bits per heavy atom. The average Bonchev–Trinajstić information content (AvgIpc) is 3.26. The number of esters is 1. The number of carbonyl (C=O) groups is 2. The molecule has 0 aromatic carbocycles. The van der Waals surface area contributed by atoms with Crippen LogP contribution in [0.1, 0.15) is 277 Å². The molecule has 358 valence electrons. The van der Waals surface area contributed by atoms with Crippen LogP contribution in [-0.2, 0) is 14.3 Å². The average molecular weight is 858 g/mol. The standard InChI is InChI=1S/C55H103NO5/c1-3-5-7-9-11-13-15-17-18-19-20-21-22-23-24-27-31-35-39-43-47-53(58)52(51-57)56-54(59)48-44-40-36-32-28-25-26-30-34-38-42-46-50-61-55(60)49-45-41-37-33-29-16-14-12-10-8-6-4-2/h12,14,26,30,43,47,52-53,57-58H,3-11,13,15-25,27-29,31-42,44-46,48-51H2,1-2H3,(H,56,59)/b14-12-,30-26-,47-43+. The number of nitrogens with one attached hydrogen (secondary N) is 1. The lowest BCUT2D eigenvalue weighted by molar-refractivity contribution is -0.143. The van der Waals surface area contributed by atoms with Crippen LogP contribution in [0.3, 0.4) is 0 Å². The lowest BCUT2D eigenvalue weighted by atomic mass is 10.0. The van der Waals surface area contributed by atoms with Crippen LogP contribution in [0.4, 0.5) is 0 Å². The van der Waals surface area contributed by atoms with Crippen LogP contribution in [0, 0.1) is 0 Å². The molecule has 0 saturated heterocycles. The molecule has 0 bridgehead atoms. The van der Waals surface area contributed by atoms with Crippen LogP contribution < -0.4 is 5.32 Å². The van der Waals surface area contributed by atoms with E-state index in [-0.39, 0.29) is 18.5 Å². The summed E-state index contributed by atoms with van der Waals surface area (Å²) in [5.74, 6) is -0.128. The molecule has 0 rings (SSSR count). The minimum absolute atomic E-state index is 0.0347. The lowest BCUT2D eigenvalue weighted by Gasteiger charge is -2.20. The van der Waals surface area contributed by atoms with Gasteiger partial charge in [0.1, 0.15) is 0 Å². The van der Waals surface area contributed by atoms with E-state index in [0.717, 1.165) is 83.5 Å². The predicted octanol–water partition coefficient (Wildman–Crippen LogP) is 16.1. The van der Waals surface area contributed by atoms with Crippen LogP contribution in [0.5, 0.6) is 0 Å². The van der Waals surface area contributed by atoms with Gasteiger partial charge in [0.05, 0.1) is 25.4 Å². The second kappa shape index (κ2) is 50.7. The number of amides is 1. The summed E-state index contributed by atoms with van der Waals surface area (Å²) in [7, 11) is 0. The first-order chi connectivity index (χ1) is 30.0. The van der Waals surface area contributed by atoms with Gasteiger partial charge in [-0.2, -0.15) is 0 Å². The van der Waals surface area contributed by atoms with Gasteiger partial charge >= 0.3 is 5.97 Å². The van der Waals surface area contributed by atoms with Crippen LogP contribution in [0.2, 0.25) is 0 Å². The van der Waals surface area contributed by atoms with Crippen molar-refractivity contribution < 1.29 is 24.5 Å². The van der Waals surface area contributed by atoms with Crippen molar-refractivity contribution in [2.45, 2.75) is 289 Å². The van der Waals surface area contributed by atoms with Crippen molar-refractivity contribution in [3.63, 3.8) is 0 Å². The van der Waals surface area contributed by atoms with Gasteiger partial charge < -0.3 is 20.3 Å². The Bertz CT molecular complexity index is 993. The van der Waals surface area contributed by atoms with E-state index in [2.05, 4.69) is 43.5 Å². The van der Waals surface area contributed by atoms with Gasteiger partial charge in [-0.1, -0.05) is 211 Å². The minimum Gasteiger partial charge on any atom is -0.466 e. The van der Waals surface area contributed by atoms with Gasteiger partial charge in [-0.15, -0.1) is 0 Å². The summed E-state index contributed by atoms with van der Waals surface area (Å²) in [5, 5.41) is 23.1. The Kier molecular flexibility index (Phi) is 49.1. The van der Waals surface area contributed by atoms with E-state index >= 15 is 0 Å². The quantitative estimate of drug-likeness (QED) is 0.0322. The summed E-state index contributed by atoms with van der Waals surface area (Å²) in [4.78, 5) is 24.4. The van der Waals surface area contributed by atoms with Crippen LogP contribution >= 0.6 is 0 Å². The highest BCUT2D eigenvalue weighted by molar-refractivity contribution is 5.76. The maximum atomic E-state index is 12.4. The van der Waals surface area contributed by atoms with Crippen LogP contribution in [0.25, 0.3) is 0 Å². The van der Waals surface area contributed by atoms with Gasteiger partial charge in [-0.3, -0.25) is 9.59 Å². The zero-order chi connectivity index (χ0) is 44.4. The van der Waals surface area contributed by atoms with Crippen LogP contribution in [0.15, 0.2) is 36.5 Å². The summed E-state index contributed by atoms with van der Waals surface area (Å²) >= 11 is 0. The third-order valence-electron chi connectivity index (χ3n) is 12.1. The molecule has 0 aliphatic heterocycles. The smallest absolute Gasteiger partial charge is 0.305 e. The minimum atomic E-state index is -0.862. The molecule has 6 nitrogen and oxygen atoms in total. The Hall–Kier alpha value is -1.92. The number of carbonyl (C=O) groups excluding carboxylic acids is 2.